The first-order chi connectivity index (χ1) is 5.97. The van der Waals surface area contributed by atoms with Crippen LogP contribution in [0.4, 0.5) is 0 Å². The number of hydrogen-bond donors (Lipinski definition) is 1. The maximum Gasteiger partial charge on any atom is 0.0133 e. The first kappa shape index (κ1) is 8.06. The van der Waals surface area contributed by atoms with Gasteiger partial charge in [0.05, 0.1) is 0 Å². The number of nitrogens with one attached hydrogen (secondary N) is 1. The molecule has 0 spiro atoms. The zero-order valence-corrected chi connectivity index (χ0v) is 7.50. The molecule has 0 aromatic carbocycles. The Morgan fingerprint density at radius 3 is 2.83 bits per heavy atom. The van der Waals surface area contributed by atoms with E-state index < -0.39 is 0 Å². The average molecular weight is 163 g/mol. The van der Waals surface area contributed by atoms with Gasteiger partial charge in [0.15, 0.2) is 0 Å². The normalized spacial score (nSPS) is 35.3. The van der Waals surface area contributed by atoms with Crippen LogP contribution in [0.25, 0.3) is 0 Å². The SMILES string of the molecule is C1=CC[C@H](C2CCCCN2)C=C1. The molecule has 2 atom stereocenters. The monoisotopic (exact) mass is 163 g/mol. The summed E-state index contributed by atoms with van der Waals surface area (Å²) in [5, 5.41) is 3.60. The van der Waals surface area contributed by atoms with Crippen LogP contribution in [0.5, 0.6) is 0 Å². The second kappa shape index (κ2) is 3.90. The Morgan fingerprint density at radius 1 is 1.17 bits per heavy atom. The van der Waals surface area contributed by atoms with Crippen LogP contribution in [0.3, 0.4) is 0 Å². The van der Waals surface area contributed by atoms with Crippen LogP contribution in [0.2, 0.25) is 0 Å². The summed E-state index contributed by atoms with van der Waals surface area (Å²) >= 11 is 0. The summed E-state index contributed by atoms with van der Waals surface area (Å²) in [7, 11) is 0. The first-order valence-electron chi connectivity index (χ1n) is 5.03. The van der Waals surface area contributed by atoms with Crippen molar-refractivity contribution in [2.24, 2.45) is 5.92 Å². The van der Waals surface area contributed by atoms with Crippen LogP contribution in [-0.2, 0) is 0 Å². The summed E-state index contributed by atoms with van der Waals surface area (Å²) in [6.07, 6.45) is 14.3. The minimum atomic E-state index is 0.750. The molecule has 2 aliphatic rings. The van der Waals surface area contributed by atoms with Crippen molar-refractivity contribution in [3.05, 3.63) is 24.3 Å². The van der Waals surface area contributed by atoms with Gasteiger partial charge in [-0.05, 0) is 31.7 Å². The smallest absolute Gasteiger partial charge is 0.0133 e. The molecule has 1 aliphatic carbocycles. The van der Waals surface area contributed by atoms with Crippen molar-refractivity contribution in [2.75, 3.05) is 6.54 Å². The predicted molar refractivity (Wildman–Crippen MR) is 52.0 cm³/mol. The van der Waals surface area contributed by atoms with Crippen molar-refractivity contribution in [3.63, 3.8) is 0 Å². The Hall–Kier alpha value is -0.560. The van der Waals surface area contributed by atoms with Crippen LogP contribution < -0.4 is 5.32 Å². The van der Waals surface area contributed by atoms with Crippen LogP contribution in [0.15, 0.2) is 24.3 Å². The quantitative estimate of drug-likeness (QED) is 0.625. The van der Waals surface area contributed by atoms with Crippen LogP contribution in [0.1, 0.15) is 25.7 Å². The summed E-state index contributed by atoms with van der Waals surface area (Å²) in [4.78, 5) is 0. The minimum absolute atomic E-state index is 0.750. The molecule has 1 fully saturated rings. The number of allylic oxidation sites excluding steroid dienone is 3. The number of hydrogen-bond acceptors (Lipinski definition) is 1. The molecule has 66 valence electrons. The van der Waals surface area contributed by atoms with E-state index in [0.29, 0.717) is 0 Å². The molecule has 0 aromatic heterocycles. The van der Waals surface area contributed by atoms with Gasteiger partial charge in [0.2, 0.25) is 0 Å². The van der Waals surface area contributed by atoms with Gasteiger partial charge in [-0.25, -0.2) is 0 Å². The largest absolute Gasteiger partial charge is 0.313 e. The van der Waals surface area contributed by atoms with Gasteiger partial charge in [-0.1, -0.05) is 30.7 Å². The van der Waals surface area contributed by atoms with Gasteiger partial charge in [0.1, 0.15) is 0 Å². The molecule has 1 unspecified atom stereocenters. The van der Waals surface area contributed by atoms with Crippen molar-refractivity contribution in [2.45, 2.75) is 31.7 Å². The van der Waals surface area contributed by atoms with E-state index in [2.05, 4.69) is 29.6 Å². The lowest BCUT2D eigenvalue weighted by molar-refractivity contribution is 0.332. The molecule has 0 amide bonds. The maximum atomic E-state index is 3.60. The fraction of sp³-hybridized carbons (Fsp3) is 0.636. The molecule has 0 saturated carbocycles. The summed E-state index contributed by atoms with van der Waals surface area (Å²) < 4.78 is 0. The molecule has 1 heteroatoms. The highest BCUT2D eigenvalue weighted by atomic mass is 14.9. The Kier molecular flexibility index (Phi) is 2.62. The molecule has 0 aromatic rings. The molecule has 2 rings (SSSR count). The van der Waals surface area contributed by atoms with Gasteiger partial charge >= 0.3 is 0 Å². The van der Waals surface area contributed by atoms with Gasteiger partial charge in [-0.3, -0.25) is 0 Å². The second-order valence-electron chi connectivity index (χ2n) is 3.77. The predicted octanol–water partition coefficient (Wildman–Crippen LogP) is 2.26. The Balaban J connectivity index is 1.90. The third-order valence-corrected chi connectivity index (χ3v) is 2.88. The lowest BCUT2D eigenvalue weighted by atomic mass is 9.87. The summed E-state index contributed by atoms with van der Waals surface area (Å²) in [5.41, 5.74) is 0. The van der Waals surface area contributed by atoms with Gasteiger partial charge < -0.3 is 5.32 Å². The highest BCUT2D eigenvalue weighted by Crippen LogP contribution is 2.21. The van der Waals surface area contributed by atoms with Crippen molar-refractivity contribution < 1.29 is 0 Å². The highest BCUT2D eigenvalue weighted by molar-refractivity contribution is 5.13. The van der Waals surface area contributed by atoms with Gasteiger partial charge in [0, 0.05) is 6.04 Å². The molecule has 1 nitrogen and oxygen atoms in total. The van der Waals surface area contributed by atoms with E-state index >= 15 is 0 Å². The molecular weight excluding hydrogens is 146 g/mol. The lowest BCUT2D eigenvalue weighted by Crippen LogP contribution is -2.39. The van der Waals surface area contributed by atoms with Crippen LogP contribution in [0, 0.1) is 5.92 Å². The molecular formula is C11H17N. The maximum absolute atomic E-state index is 3.60. The molecule has 1 saturated heterocycles. The van der Waals surface area contributed by atoms with Crippen molar-refractivity contribution in [3.8, 4) is 0 Å². The molecule has 0 bridgehead atoms. The average Bonchev–Trinajstić information content (AvgIpc) is 2.21. The van der Waals surface area contributed by atoms with Gasteiger partial charge in [-0.15, -0.1) is 0 Å². The summed E-state index contributed by atoms with van der Waals surface area (Å²) in [6.45, 7) is 1.22. The zero-order valence-electron chi connectivity index (χ0n) is 7.50. The number of piperidine rings is 1. The Bertz CT molecular complexity index is 187. The molecule has 1 aliphatic heterocycles. The minimum Gasteiger partial charge on any atom is -0.313 e. The summed E-state index contributed by atoms with van der Waals surface area (Å²) in [6, 6.07) is 0.750. The Morgan fingerprint density at radius 2 is 2.17 bits per heavy atom. The van der Waals surface area contributed by atoms with Crippen molar-refractivity contribution >= 4 is 0 Å². The molecule has 1 heterocycles. The van der Waals surface area contributed by atoms with E-state index in [0.717, 1.165) is 12.0 Å². The van der Waals surface area contributed by atoms with E-state index in [-0.39, 0.29) is 0 Å². The van der Waals surface area contributed by atoms with Crippen molar-refractivity contribution in [1.82, 2.24) is 5.32 Å². The van der Waals surface area contributed by atoms with Gasteiger partial charge in [0.25, 0.3) is 0 Å². The Labute approximate surface area is 74.5 Å². The standard InChI is InChI=1S/C11H17N/c1-2-6-10(7-3-1)11-8-4-5-9-12-11/h1-3,6,10-12H,4-5,7-9H2/t10-,11?/m1/s1. The third-order valence-electron chi connectivity index (χ3n) is 2.88. The zero-order chi connectivity index (χ0) is 8.23. The van der Waals surface area contributed by atoms with E-state index in [9.17, 15) is 0 Å². The highest BCUT2D eigenvalue weighted by Gasteiger charge is 2.20. The van der Waals surface area contributed by atoms with E-state index in [1.54, 1.807) is 0 Å². The molecule has 12 heavy (non-hydrogen) atoms. The van der Waals surface area contributed by atoms with Crippen LogP contribution in [-0.4, -0.2) is 12.6 Å². The van der Waals surface area contributed by atoms with Crippen LogP contribution >= 0.6 is 0 Å². The lowest BCUT2D eigenvalue weighted by Gasteiger charge is -2.29. The van der Waals surface area contributed by atoms with Gasteiger partial charge in [-0.2, -0.15) is 0 Å². The fourth-order valence-electron chi connectivity index (χ4n) is 2.14. The number of rotatable bonds is 1. The topological polar surface area (TPSA) is 12.0 Å². The van der Waals surface area contributed by atoms with E-state index in [1.165, 1.54) is 32.2 Å². The molecule has 1 N–H and O–H groups in total. The summed E-state index contributed by atoms with van der Waals surface area (Å²) in [5.74, 6) is 0.760. The molecule has 0 radical (unpaired) electrons. The van der Waals surface area contributed by atoms with E-state index in [4.69, 9.17) is 0 Å². The second-order valence-corrected chi connectivity index (χ2v) is 3.77. The first-order valence-corrected chi connectivity index (χ1v) is 5.03. The third kappa shape index (κ3) is 1.78. The van der Waals surface area contributed by atoms with E-state index in [1.807, 2.05) is 0 Å². The van der Waals surface area contributed by atoms with Crippen molar-refractivity contribution in [1.29, 1.82) is 0 Å². The fourth-order valence-corrected chi connectivity index (χ4v) is 2.14.